The number of rotatable bonds is 11. The van der Waals surface area contributed by atoms with Crippen LogP contribution in [0.2, 0.25) is 5.02 Å². The Balaban J connectivity index is 2.03. The van der Waals surface area contributed by atoms with Gasteiger partial charge in [-0.15, -0.1) is 0 Å². The fourth-order valence-corrected chi connectivity index (χ4v) is 3.44. The first-order valence-corrected chi connectivity index (χ1v) is 10.9. The van der Waals surface area contributed by atoms with Crippen molar-refractivity contribution < 1.29 is 29.0 Å². The minimum atomic E-state index is -1.21. The number of carboxylic acid groups (broad SMARTS) is 1. The smallest absolute Gasteiger partial charge is 0.408 e. The van der Waals surface area contributed by atoms with Crippen molar-refractivity contribution in [1.29, 1.82) is 0 Å². The molecule has 33 heavy (non-hydrogen) atoms. The summed E-state index contributed by atoms with van der Waals surface area (Å²) in [6, 6.07) is 11.9. The van der Waals surface area contributed by atoms with Crippen molar-refractivity contribution in [2.24, 2.45) is 5.92 Å². The Morgan fingerprint density at radius 2 is 1.70 bits per heavy atom. The van der Waals surface area contributed by atoms with Gasteiger partial charge in [-0.2, -0.15) is 0 Å². The van der Waals surface area contributed by atoms with E-state index >= 15 is 0 Å². The first-order chi connectivity index (χ1) is 15.7. The number of alkyl carbamates (subject to hydrolysis) is 1. The highest BCUT2D eigenvalue weighted by Gasteiger charge is 2.28. The number of nitrogens with one attached hydrogen (secondary N) is 2. The first-order valence-electron chi connectivity index (χ1n) is 10.5. The molecular weight excluding hydrogens is 448 g/mol. The number of hydrogen-bond donors (Lipinski definition) is 3. The average molecular weight is 477 g/mol. The van der Waals surface area contributed by atoms with Crippen LogP contribution in [0.1, 0.15) is 31.4 Å². The minimum absolute atomic E-state index is 0.0115. The highest BCUT2D eigenvalue weighted by molar-refractivity contribution is 6.32. The Labute approximate surface area is 198 Å². The van der Waals surface area contributed by atoms with Gasteiger partial charge in [-0.05, 0) is 35.6 Å². The van der Waals surface area contributed by atoms with Crippen LogP contribution in [-0.2, 0) is 27.4 Å². The van der Waals surface area contributed by atoms with Gasteiger partial charge < -0.3 is 25.2 Å². The molecule has 2 amide bonds. The maximum atomic E-state index is 12.9. The van der Waals surface area contributed by atoms with E-state index in [2.05, 4.69) is 10.6 Å². The summed E-state index contributed by atoms with van der Waals surface area (Å²) in [5.41, 5.74) is 1.42. The molecule has 0 unspecified atom stereocenters. The molecule has 0 aliphatic heterocycles. The fourth-order valence-electron chi connectivity index (χ4n) is 3.15. The van der Waals surface area contributed by atoms with Crippen LogP contribution < -0.4 is 15.4 Å². The third-order valence-electron chi connectivity index (χ3n) is 4.80. The van der Waals surface area contributed by atoms with Crippen LogP contribution in [0.25, 0.3) is 0 Å². The van der Waals surface area contributed by atoms with Gasteiger partial charge in [0.25, 0.3) is 0 Å². The van der Waals surface area contributed by atoms with Crippen LogP contribution in [0.3, 0.4) is 0 Å². The summed E-state index contributed by atoms with van der Waals surface area (Å²) >= 11 is 6.12. The Kier molecular flexibility index (Phi) is 10.00. The van der Waals surface area contributed by atoms with Crippen molar-refractivity contribution in [3.8, 4) is 5.75 Å². The van der Waals surface area contributed by atoms with E-state index in [0.717, 1.165) is 5.56 Å². The molecule has 0 bridgehead atoms. The monoisotopic (exact) mass is 476 g/mol. The first kappa shape index (κ1) is 26.0. The summed E-state index contributed by atoms with van der Waals surface area (Å²) in [5.74, 6) is -1.28. The highest BCUT2D eigenvalue weighted by atomic mass is 35.5. The molecule has 2 aromatic carbocycles. The SMILES string of the molecule is COc1ccc(C[C@H](NC(=O)[C@H](CC(C)C)NC(=O)OCc2ccccc2)C(=O)O)cc1Cl. The standard InChI is InChI=1S/C24H29ClN2O6/c1-15(2)11-19(27-24(31)33-14-16-7-5-4-6-8-16)22(28)26-20(23(29)30)13-17-9-10-21(32-3)18(25)12-17/h4-10,12,15,19-20H,11,13-14H2,1-3H3,(H,26,28)(H,27,31)(H,29,30)/t19-,20-/m0/s1. The number of hydrogen-bond acceptors (Lipinski definition) is 5. The van der Waals surface area contributed by atoms with E-state index < -0.39 is 30.1 Å². The number of halogens is 1. The van der Waals surface area contributed by atoms with E-state index in [9.17, 15) is 19.5 Å². The Morgan fingerprint density at radius 3 is 2.27 bits per heavy atom. The van der Waals surface area contributed by atoms with Crippen LogP contribution >= 0.6 is 11.6 Å². The molecule has 8 nitrogen and oxygen atoms in total. The van der Waals surface area contributed by atoms with E-state index in [1.165, 1.54) is 7.11 Å². The molecule has 9 heteroatoms. The van der Waals surface area contributed by atoms with Crippen molar-refractivity contribution in [3.05, 3.63) is 64.7 Å². The second-order valence-corrected chi connectivity index (χ2v) is 8.37. The number of amides is 2. The molecule has 2 aromatic rings. The summed E-state index contributed by atoms with van der Waals surface area (Å²) < 4.78 is 10.3. The van der Waals surface area contributed by atoms with Crippen LogP contribution in [0.5, 0.6) is 5.75 Å². The number of aliphatic carboxylic acids is 1. The molecule has 0 fully saturated rings. The zero-order valence-corrected chi connectivity index (χ0v) is 19.6. The predicted octanol–water partition coefficient (Wildman–Crippen LogP) is 3.80. The minimum Gasteiger partial charge on any atom is -0.495 e. The lowest BCUT2D eigenvalue weighted by molar-refractivity contribution is -0.142. The van der Waals surface area contributed by atoms with Gasteiger partial charge in [0.1, 0.15) is 24.4 Å². The molecule has 0 saturated carbocycles. The zero-order chi connectivity index (χ0) is 24.4. The molecule has 2 rings (SSSR count). The van der Waals surface area contributed by atoms with Crippen LogP contribution in [-0.4, -0.2) is 42.3 Å². The summed E-state index contributed by atoms with van der Waals surface area (Å²) in [6.45, 7) is 3.84. The van der Waals surface area contributed by atoms with Gasteiger partial charge in [-0.25, -0.2) is 9.59 Å². The topological polar surface area (TPSA) is 114 Å². The number of ether oxygens (including phenoxy) is 2. The van der Waals surface area contributed by atoms with Crippen molar-refractivity contribution in [1.82, 2.24) is 10.6 Å². The van der Waals surface area contributed by atoms with Crippen molar-refractivity contribution in [2.75, 3.05) is 7.11 Å². The van der Waals surface area contributed by atoms with Gasteiger partial charge in [-0.3, -0.25) is 4.79 Å². The van der Waals surface area contributed by atoms with Gasteiger partial charge in [-0.1, -0.05) is 61.8 Å². The summed E-state index contributed by atoms with van der Waals surface area (Å²) in [4.78, 5) is 36.9. The second kappa shape index (κ2) is 12.7. The maximum absolute atomic E-state index is 12.9. The third kappa shape index (κ3) is 8.65. The average Bonchev–Trinajstić information content (AvgIpc) is 2.77. The highest BCUT2D eigenvalue weighted by Crippen LogP contribution is 2.25. The Hall–Kier alpha value is -3.26. The number of carbonyl (C=O) groups excluding carboxylic acids is 2. The Morgan fingerprint density at radius 1 is 1.00 bits per heavy atom. The molecule has 178 valence electrons. The molecule has 0 aliphatic carbocycles. The number of methoxy groups -OCH3 is 1. The van der Waals surface area contributed by atoms with E-state index in [4.69, 9.17) is 21.1 Å². The zero-order valence-electron chi connectivity index (χ0n) is 18.8. The molecule has 3 N–H and O–H groups in total. The van der Waals surface area contributed by atoms with Crippen LogP contribution in [0.4, 0.5) is 4.79 Å². The van der Waals surface area contributed by atoms with Crippen LogP contribution in [0.15, 0.2) is 48.5 Å². The normalized spacial score (nSPS) is 12.5. The van der Waals surface area contributed by atoms with Crippen LogP contribution in [0, 0.1) is 5.92 Å². The van der Waals surface area contributed by atoms with Crippen molar-refractivity contribution >= 4 is 29.6 Å². The Bertz CT molecular complexity index is 951. The van der Waals surface area contributed by atoms with Gasteiger partial charge >= 0.3 is 12.1 Å². The van der Waals surface area contributed by atoms with Crippen molar-refractivity contribution in [2.45, 2.75) is 45.4 Å². The lowest BCUT2D eigenvalue weighted by Gasteiger charge is -2.22. The number of carboxylic acids is 1. The number of benzene rings is 2. The lowest BCUT2D eigenvalue weighted by Crippen LogP contribution is -2.52. The summed E-state index contributed by atoms with van der Waals surface area (Å²) in [6.07, 6.45) is -0.432. The molecule has 2 atom stereocenters. The van der Waals surface area contributed by atoms with Gasteiger partial charge in [0, 0.05) is 6.42 Å². The summed E-state index contributed by atoms with van der Waals surface area (Å²) in [5, 5.41) is 15.0. The quantitative estimate of drug-likeness (QED) is 0.454. The van der Waals surface area contributed by atoms with Gasteiger partial charge in [0.2, 0.25) is 5.91 Å². The molecule has 0 heterocycles. The van der Waals surface area contributed by atoms with E-state index in [1.807, 2.05) is 44.2 Å². The molecule has 0 radical (unpaired) electrons. The fraction of sp³-hybridized carbons (Fsp3) is 0.375. The largest absolute Gasteiger partial charge is 0.495 e. The second-order valence-electron chi connectivity index (χ2n) is 7.96. The van der Waals surface area contributed by atoms with Crippen molar-refractivity contribution in [3.63, 3.8) is 0 Å². The van der Waals surface area contributed by atoms with E-state index in [1.54, 1.807) is 18.2 Å². The van der Waals surface area contributed by atoms with E-state index in [0.29, 0.717) is 22.8 Å². The van der Waals surface area contributed by atoms with E-state index in [-0.39, 0.29) is 18.9 Å². The third-order valence-corrected chi connectivity index (χ3v) is 5.09. The lowest BCUT2D eigenvalue weighted by atomic mass is 10.0. The molecule has 0 spiro atoms. The maximum Gasteiger partial charge on any atom is 0.408 e. The predicted molar refractivity (Wildman–Crippen MR) is 124 cm³/mol. The summed E-state index contributed by atoms with van der Waals surface area (Å²) in [7, 11) is 1.48. The van der Waals surface area contributed by atoms with Gasteiger partial charge in [0.05, 0.1) is 12.1 Å². The molecule has 0 saturated heterocycles. The van der Waals surface area contributed by atoms with Gasteiger partial charge in [0.15, 0.2) is 0 Å². The molecule has 0 aliphatic rings. The molecule has 0 aromatic heterocycles. The number of carbonyl (C=O) groups is 3. The molecular formula is C24H29ClN2O6.